The number of fused-ring (bicyclic) bond motifs is 1. The van der Waals surface area contributed by atoms with Crippen LogP contribution in [0.25, 0.3) is 10.9 Å². The van der Waals surface area contributed by atoms with E-state index in [4.69, 9.17) is 9.84 Å². The van der Waals surface area contributed by atoms with E-state index in [0.717, 1.165) is 0 Å². The Labute approximate surface area is 122 Å². The minimum atomic E-state index is -0.911. The highest BCUT2D eigenvalue weighted by molar-refractivity contribution is 5.85. The number of benzene rings is 1. The second-order valence-electron chi connectivity index (χ2n) is 5.30. The maximum absolute atomic E-state index is 12.5. The van der Waals surface area contributed by atoms with Crippen molar-refractivity contribution >= 4 is 16.9 Å². The molecule has 0 saturated carbocycles. The highest BCUT2D eigenvalue weighted by Gasteiger charge is 2.13. The molecule has 0 amide bonds. The maximum atomic E-state index is 12.5. The number of para-hydroxylation sites is 1. The van der Waals surface area contributed by atoms with E-state index >= 15 is 0 Å². The predicted molar refractivity (Wildman–Crippen MR) is 81.0 cm³/mol. The lowest BCUT2D eigenvalue weighted by Crippen LogP contribution is -2.16. The van der Waals surface area contributed by atoms with Crippen LogP contribution in [0.4, 0.5) is 0 Å². The van der Waals surface area contributed by atoms with Crippen LogP contribution in [-0.2, 0) is 11.2 Å². The van der Waals surface area contributed by atoms with Crippen molar-refractivity contribution in [3.05, 3.63) is 39.7 Å². The molecule has 1 aromatic heterocycles. The summed E-state index contributed by atoms with van der Waals surface area (Å²) in [6.45, 7) is 5.63. The van der Waals surface area contributed by atoms with E-state index in [2.05, 4.69) is 4.98 Å². The van der Waals surface area contributed by atoms with Crippen LogP contribution in [-0.4, -0.2) is 22.2 Å². The second kappa shape index (κ2) is 5.99. The van der Waals surface area contributed by atoms with Crippen molar-refractivity contribution in [2.24, 2.45) is 0 Å². The Hall–Kier alpha value is -2.30. The normalized spacial score (nSPS) is 11.0. The topological polar surface area (TPSA) is 79.4 Å². The third kappa shape index (κ3) is 3.24. The van der Waals surface area contributed by atoms with Gasteiger partial charge in [-0.05, 0) is 39.3 Å². The Morgan fingerprint density at radius 1 is 1.38 bits per heavy atom. The smallest absolute Gasteiger partial charge is 0.303 e. The summed E-state index contributed by atoms with van der Waals surface area (Å²) in [6.07, 6.45) is 0.172. The molecule has 2 aromatic rings. The summed E-state index contributed by atoms with van der Waals surface area (Å²) < 4.78 is 5.71. The van der Waals surface area contributed by atoms with Gasteiger partial charge in [0.1, 0.15) is 5.75 Å². The number of aliphatic carboxylic acids is 1. The van der Waals surface area contributed by atoms with E-state index in [-0.39, 0.29) is 24.4 Å². The number of aryl methyl sites for hydroxylation is 1. The molecule has 112 valence electrons. The monoisotopic (exact) mass is 289 g/mol. The van der Waals surface area contributed by atoms with E-state index in [1.807, 2.05) is 19.9 Å². The number of ether oxygens (including phenoxy) is 1. The number of carboxylic acid groups (broad SMARTS) is 1. The van der Waals surface area contributed by atoms with Crippen molar-refractivity contribution < 1.29 is 14.6 Å². The van der Waals surface area contributed by atoms with Crippen molar-refractivity contribution in [1.29, 1.82) is 0 Å². The standard InChI is InChI=1S/C16H19NO4/c1-9(2)21-13-6-4-5-12-15(13)17-10(3)11(16(12)20)7-8-14(18)19/h4-6,9H,7-8H2,1-3H3,(H,17,20)(H,18,19). The minimum absolute atomic E-state index is 0.00564. The van der Waals surface area contributed by atoms with Crippen molar-refractivity contribution in [3.8, 4) is 5.75 Å². The molecule has 0 fully saturated rings. The lowest BCUT2D eigenvalue weighted by molar-refractivity contribution is -0.136. The summed E-state index contributed by atoms with van der Waals surface area (Å²) in [5.41, 5.74) is 1.74. The summed E-state index contributed by atoms with van der Waals surface area (Å²) in [7, 11) is 0. The van der Waals surface area contributed by atoms with Gasteiger partial charge in [0.25, 0.3) is 0 Å². The van der Waals surface area contributed by atoms with Gasteiger partial charge in [-0.2, -0.15) is 0 Å². The molecule has 21 heavy (non-hydrogen) atoms. The fourth-order valence-electron chi connectivity index (χ4n) is 2.33. The zero-order valence-electron chi connectivity index (χ0n) is 12.4. The summed E-state index contributed by atoms with van der Waals surface area (Å²) >= 11 is 0. The molecule has 1 heterocycles. The molecule has 0 spiro atoms. The Morgan fingerprint density at radius 2 is 2.10 bits per heavy atom. The van der Waals surface area contributed by atoms with Crippen molar-refractivity contribution in [3.63, 3.8) is 0 Å². The number of carbonyl (C=O) groups is 1. The van der Waals surface area contributed by atoms with E-state index in [9.17, 15) is 9.59 Å². The van der Waals surface area contributed by atoms with Crippen LogP contribution in [0.15, 0.2) is 23.0 Å². The van der Waals surface area contributed by atoms with Crippen LogP contribution in [0, 0.1) is 6.92 Å². The lowest BCUT2D eigenvalue weighted by atomic mass is 10.0. The molecule has 0 radical (unpaired) electrons. The number of hydrogen-bond donors (Lipinski definition) is 2. The van der Waals surface area contributed by atoms with Gasteiger partial charge in [-0.25, -0.2) is 0 Å². The average molecular weight is 289 g/mol. The molecular weight excluding hydrogens is 270 g/mol. The first kappa shape index (κ1) is 15.1. The van der Waals surface area contributed by atoms with Crippen molar-refractivity contribution in [2.75, 3.05) is 0 Å². The third-order valence-corrected chi connectivity index (χ3v) is 3.26. The molecule has 2 rings (SSSR count). The van der Waals surface area contributed by atoms with Crippen LogP contribution in [0.1, 0.15) is 31.5 Å². The molecule has 0 atom stereocenters. The first-order valence-electron chi connectivity index (χ1n) is 6.93. The Kier molecular flexibility index (Phi) is 4.31. The molecule has 0 bridgehead atoms. The summed E-state index contributed by atoms with van der Waals surface area (Å²) in [5, 5.41) is 9.31. The van der Waals surface area contributed by atoms with Crippen molar-refractivity contribution in [1.82, 2.24) is 4.98 Å². The highest BCUT2D eigenvalue weighted by Crippen LogP contribution is 2.24. The summed E-state index contributed by atoms with van der Waals surface area (Å²) in [5.74, 6) is -0.279. The summed E-state index contributed by atoms with van der Waals surface area (Å²) in [4.78, 5) is 26.4. The number of hydrogen-bond acceptors (Lipinski definition) is 3. The van der Waals surface area contributed by atoms with Crippen LogP contribution in [0.5, 0.6) is 5.75 Å². The van der Waals surface area contributed by atoms with Crippen LogP contribution in [0.3, 0.4) is 0 Å². The molecule has 0 saturated heterocycles. The molecule has 0 aliphatic heterocycles. The first-order chi connectivity index (χ1) is 9.90. The van der Waals surface area contributed by atoms with Gasteiger partial charge >= 0.3 is 5.97 Å². The fraction of sp³-hybridized carbons (Fsp3) is 0.375. The number of pyridine rings is 1. The second-order valence-corrected chi connectivity index (χ2v) is 5.30. The van der Waals surface area contributed by atoms with Gasteiger partial charge in [-0.3, -0.25) is 9.59 Å². The maximum Gasteiger partial charge on any atom is 0.303 e. The first-order valence-corrected chi connectivity index (χ1v) is 6.93. The van der Waals surface area contributed by atoms with Crippen LogP contribution in [0.2, 0.25) is 0 Å². The molecule has 0 aliphatic rings. The number of H-pyrrole nitrogens is 1. The van der Waals surface area contributed by atoms with Crippen LogP contribution >= 0.6 is 0 Å². The van der Waals surface area contributed by atoms with Gasteiger partial charge in [0, 0.05) is 23.1 Å². The van der Waals surface area contributed by atoms with Gasteiger partial charge in [-0.15, -0.1) is 0 Å². The summed E-state index contributed by atoms with van der Waals surface area (Å²) in [6, 6.07) is 5.31. The van der Waals surface area contributed by atoms with E-state index < -0.39 is 5.97 Å². The van der Waals surface area contributed by atoms with E-state index in [1.165, 1.54) is 0 Å². The molecule has 0 aliphatic carbocycles. The molecule has 0 unspecified atom stereocenters. The SMILES string of the molecule is Cc1[nH]c2c(OC(C)C)cccc2c(=O)c1CCC(=O)O. The number of aromatic amines is 1. The lowest BCUT2D eigenvalue weighted by Gasteiger charge is -2.14. The molecule has 5 nitrogen and oxygen atoms in total. The van der Waals surface area contributed by atoms with Gasteiger partial charge in [-0.1, -0.05) is 6.07 Å². The van der Waals surface area contributed by atoms with Gasteiger partial charge < -0.3 is 14.8 Å². The zero-order chi connectivity index (χ0) is 15.6. The highest BCUT2D eigenvalue weighted by atomic mass is 16.5. The Morgan fingerprint density at radius 3 is 2.71 bits per heavy atom. The van der Waals surface area contributed by atoms with Gasteiger partial charge in [0.15, 0.2) is 5.43 Å². The number of carboxylic acids is 1. The van der Waals surface area contributed by atoms with Crippen LogP contribution < -0.4 is 10.2 Å². The van der Waals surface area contributed by atoms with Gasteiger partial charge in [0.05, 0.1) is 11.6 Å². The predicted octanol–water partition coefficient (Wildman–Crippen LogP) is 2.64. The molecule has 1 aromatic carbocycles. The number of aromatic nitrogens is 1. The fourth-order valence-corrected chi connectivity index (χ4v) is 2.33. The number of nitrogens with one attached hydrogen (secondary N) is 1. The van der Waals surface area contributed by atoms with E-state index in [0.29, 0.717) is 27.9 Å². The third-order valence-electron chi connectivity index (χ3n) is 3.26. The largest absolute Gasteiger partial charge is 0.489 e. The van der Waals surface area contributed by atoms with Gasteiger partial charge in [0.2, 0.25) is 0 Å². The Balaban J connectivity index is 2.57. The average Bonchev–Trinajstić information content (AvgIpc) is 2.38. The minimum Gasteiger partial charge on any atom is -0.489 e. The molecular formula is C16H19NO4. The van der Waals surface area contributed by atoms with Crippen molar-refractivity contribution in [2.45, 2.75) is 39.7 Å². The quantitative estimate of drug-likeness (QED) is 0.886. The Bertz CT molecular complexity index is 731. The van der Waals surface area contributed by atoms with E-state index in [1.54, 1.807) is 19.1 Å². The number of rotatable bonds is 5. The molecule has 5 heteroatoms. The molecule has 2 N–H and O–H groups in total. The zero-order valence-corrected chi connectivity index (χ0v) is 12.4.